The average molecular weight is 557 g/mol. The number of nitrogens with zero attached hydrogens (tertiary/aromatic N) is 4. The molecule has 206 valence electrons. The minimum atomic E-state index is -0.948. The predicted molar refractivity (Wildman–Crippen MR) is 141 cm³/mol. The van der Waals surface area contributed by atoms with Gasteiger partial charge in [0, 0.05) is 29.1 Å². The van der Waals surface area contributed by atoms with Gasteiger partial charge in [-0.3, -0.25) is 19.3 Å². The molecule has 41 heavy (non-hydrogen) atoms. The summed E-state index contributed by atoms with van der Waals surface area (Å²) in [6, 6.07) is 11.5. The number of hydrogen-bond acceptors (Lipinski definition) is 5. The van der Waals surface area contributed by atoms with Crippen LogP contribution in [0.15, 0.2) is 54.7 Å². The third kappa shape index (κ3) is 5.04. The van der Waals surface area contributed by atoms with E-state index in [0.717, 1.165) is 36.2 Å². The van der Waals surface area contributed by atoms with E-state index < -0.39 is 35.3 Å². The van der Waals surface area contributed by atoms with Crippen molar-refractivity contribution in [2.24, 2.45) is 11.7 Å². The molecule has 2 amide bonds. The first-order valence-electron chi connectivity index (χ1n) is 13.0. The van der Waals surface area contributed by atoms with Gasteiger partial charge < -0.3 is 11.1 Å². The average Bonchev–Trinajstić information content (AvgIpc) is 3.46. The number of pyridine rings is 1. The Morgan fingerprint density at radius 3 is 2.66 bits per heavy atom. The zero-order valence-electron chi connectivity index (χ0n) is 21.6. The van der Waals surface area contributed by atoms with Crippen molar-refractivity contribution in [2.45, 2.75) is 37.8 Å². The smallest absolute Gasteiger partial charge is 0.251 e. The van der Waals surface area contributed by atoms with E-state index in [0.29, 0.717) is 34.4 Å². The van der Waals surface area contributed by atoms with Crippen LogP contribution in [0.2, 0.25) is 0 Å². The van der Waals surface area contributed by atoms with E-state index >= 15 is 0 Å². The Labute approximate surface area is 232 Å². The first-order valence-corrected chi connectivity index (χ1v) is 13.0. The molecule has 2 heterocycles. The number of amides is 2. The highest BCUT2D eigenvalue weighted by Gasteiger charge is 2.49. The quantitative estimate of drug-likeness (QED) is 0.338. The summed E-state index contributed by atoms with van der Waals surface area (Å²) in [6.45, 7) is -0.165. The largest absolute Gasteiger partial charge is 0.366 e. The Balaban J connectivity index is 1.36. The molecule has 1 saturated carbocycles. The molecule has 6 rings (SSSR count). The van der Waals surface area contributed by atoms with Gasteiger partial charge in [-0.05, 0) is 72.6 Å². The van der Waals surface area contributed by atoms with Crippen LogP contribution < -0.4 is 11.1 Å². The SMILES string of the molecule is N#Cc1nn(CC(=O)N[C@@H](Cc2cc(F)cc(F)c2)c2ncccc2-c2ccc(F)c(C(N)=O)c2)c2c1C1CC1C2. The van der Waals surface area contributed by atoms with Crippen molar-refractivity contribution in [2.75, 3.05) is 0 Å². The molecule has 2 aromatic heterocycles. The molecule has 0 aliphatic heterocycles. The third-order valence-electron chi connectivity index (χ3n) is 7.66. The summed E-state index contributed by atoms with van der Waals surface area (Å²) >= 11 is 0. The maximum atomic E-state index is 14.2. The Kier molecular flexibility index (Phi) is 6.53. The Morgan fingerprint density at radius 2 is 1.93 bits per heavy atom. The van der Waals surface area contributed by atoms with Crippen LogP contribution in [0.1, 0.15) is 56.9 Å². The van der Waals surface area contributed by atoms with Crippen molar-refractivity contribution in [1.82, 2.24) is 20.1 Å². The lowest BCUT2D eigenvalue weighted by Crippen LogP contribution is -2.34. The van der Waals surface area contributed by atoms with Gasteiger partial charge in [-0.1, -0.05) is 12.1 Å². The lowest BCUT2D eigenvalue weighted by atomic mass is 9.94. The number of primary amides is 1. The summed E-state index contributed by atoms with van der Waals surface area (Å²) in [5.74, 6) is -2.92. The molecule has 11 heteroatoms. The number of nitrogens with one attached hydrogen (secondary N) is 1. The fraction of sp³-hybridized carbons (Fsp3) is 0.233. The van der Waals surface area contributed by atoms with Crippen molar-refractivity contribution < 1.29 is 22.8 Å². The Bertz CT molecular complexity index is 1740. The number of benzene rings is 2. The number of carbonyl (C=O) groups is 2. The van der Waals surface area contributed by atoms with Gasteiger partial charge in [-0.15, -0.1) is 0 Å². The fourth-order valence-corrected chi connectivity index (χ4v) is 5.78. The van der Waals surface area contributed by atoms with Crippen LogP contribution in [0, 0.1) is 34.7 Å². The first kappa shape index (κ1) is 26.3. The second-order valence-corrected chi connectivity index (χ2v) is 10.4. The number of carbonyl (C=O) groups excluding carboxylic acids is 2. The highest BCUT2D eigenvalue weighted by atomic mass is 19.1. The summed E-state index contributed by atoms with van der Waals surface area (Å²) in [4.78, 5) is 29.7. The number of aromatic nitrogens is 3. The van der Waals surface area contributed by atoms with Gasteiger partial charge in [0.05, 0.1) is 17.3 Å². The molecular weight excluding hydrogens is 533 g/mol. The summed E-state index contributed by atoms with van der Waals surface area (Å²) in [6.07, 6.45) is 3.24. The van der Waals surface area contributed by atoms with Crippen molar-refractivity contribution >= 4 is 11.8 Å². The van der Waals surface area contributed by atoms with Gasteiger partial charge in [0.25, 0.3) is 5.91 Å². The summed E-state index contributed by atoms with van der Waals surface area (Å²) in [5, 5.41) is 16.8. The Morgan fingerprint density at radius 1 is 1.15 bits per heavy atom. The molecule has 0 spiro atoms. The van der Waals surface area contributed by atoms with Crippen molar-refractivity contribution in [1.29, 1.82) is 5.26 Å². The second-order valence-electron chi connectivity index (χ2n) is 10.4. The monoisotopic (exact) mass is 556 g/mol. The highest BCUT2D eigenvalue weighted by molar-refractivity contribution is 5.94. The molecule has 1 fully saturated rings. The van der Waals surface area contributed by atoms with Crippen molar-refractivity contribution in [3.8, 4) is 17.2 Å². The Hall–Kier alpha value is -4.98. The van der Waals surface area contributed by atoms with Crippen molar-refractivity contribution in [3.05, 3.63) is 106 Å². The van der Waals surface area contributed by atoms with Crippen LogP contribution in [0.5, 0.6) is 0 Å². The standard InChI is InChI=1S/C30H23F3N6O2/c31-18-6-15(7-19(32)12-18)8-24(29-20(2-1-5-36-29)16-3-4-23(33)22(9-16)30(35)41)37-27(40)14-39-26-11-17-10-21(17)28(26)25(13-34)38-39/h1-7,9,12,17,21,24H,8,10-11,14H2,(H2,35,41)(H,37,40)/t17?,21?,24-/m0/s1. The van der Waals surface area contributed by atoms with E-state index in [1.165, 1.54) is 30.5 Å². The fourth-order valence-electron chi connectivity index (χ4n) is 5.78. The normalized spacial score (nSPS) is 17.3. The molecule has 2 unspecified atom stereocenters. The minimum Gasteiger partial charge on any atom is -0.366 e. The van der Waals surface area contributed by atoms with Gasteiger partial charge in [0.15, 0.2) is 5.69 Å². The van der Waals surface area contributed by atoms with Gasteiger partial charge in [0.1, 0.15) is 30.1 Å². The number of halogens is 3. The summed E-state index contributed by atoms with van der Waals surface area (Å²) in [7, 11) is 0. The predicted octanol–water partition coefficient (Wildman–Crippen LogP) is 4.09. The van der Waals surface area contributed by atoms with E-state index in [-0.39, 0.29) is 24.1 Å². The van der Waals surface area contributed by atoms with Gasteiger partial charge in [-0.25, -0.2) is 13.2 Å². The number of nitriles is 1. The molecule has 3 atom stereocenters. The van der Waals surface area contributed by atoms with E-state index in [2.05, 4.69) is 21.5 Å². The minimum absolute atomic E-state index is 0.0287. The highest BCUT2D eigenvalue weighted by Crippen LogP contribution is 2.57. The van der Waals surface area contributed by atoms with E-state index in [1.807, 2.05) is 0 Å². The molecule has 0 radical (unpaired) electrons. The molecule has 2 aliphatic rings. The van der Waals surface area contributed by atoms with E-state index in [4.69, 9.17) is 5.73 Å². The third-order valence-corrected chi connectivity index (χ3v) is 7.66. The summed E-state index contributed by atoms with van der Waals surface area (Å²) in [5.41, 5.74) is 8.63. The topological polar surface area (TPSA) is 127 Å². The van der Waals surface area contributed by atoms with Crippen molar-refractivity contribution in [3.63, 3.8) is 0 Å². The lowest BCUT2D eigenvalue weighted by Gasteiger charge is -2.22. The van der Waals surface area contributed by atoms with Gasteiger partial charge in [0.2, 0.25) is 5.91 Å². The first-order chi connectivity index (χ1) is 19.7. The number of fused-ring (bicyclic) bond motifs is 3. The van der Waals surface area contributed by atoms with Crippen LogP contribution >= 0.6 is 0 Å². The number of hydrogen-bond donors (Lipinski definition) is 2. The van der Waals surface area contributed by atoms with Gasteiger partial charge in [-0.2, -0.15) is 10.4 Å². The zero-order chi connectivity index (χ0) is 28.8. The maximum absolute atomic E-state index is 14.2. The molecule has 2 aliphatic carbocycles. The van der Waals surface area contributed by atoms with Crippen LogP contribution in [0.4, 0.5) is 13.2 Å². The maximum Gasteiger partial charge on any atom is 0.251 e. The number of rotatable bonds is 8. The molecule has 0 saturated heterocycles. The van der Waals surface area contributed by atoms with E-state index in [9.17, 15) is 28.0 Å². The molecule has 2 aromatic carbocycles. The molecule has 0 bridgehead atoms. The lowest BCUT2D eigenvalue weighted by molar-refractivity contribution is -0.122. The van der Waals surface area contributed by atoms with E-state index in [1.54, 1.807) is 16.8 Å². The van der Waals surface area contributed by atoms with Gasteiger partial charge >= 0.3 is 0 Å². The van der Waals surface area contributed by atoms with Crippen LogP contribution in [-0.4, -0.2) is 26.6 Å². The molecule has 4 aromatic rings. The van der Waals surface area contributed by atoms with Crippen LogP contribution in [0.3, 0.4) is 0 Å². The number of nitrogens with two attached hydrogens (primary N) is 1. The van der Waals surface area contributed by atoms with Crippen LogP contribution in [0.25, 0.3) is 11.1 Å². The summed E-state index contributed by atoms with van der Waals surface area (Å²) < 4.78 is 43.9. The van der Waals surface area contributed by atoms with Crippen LogP contribution in [-0.2, 0) is 24.2 Å². The zero-order valence-corrected chi connectivity index (χ0v) is 21.6. The molecule has 8 nitrogen and oxygen atoms in total. The second kappa shape index (κ2) is 10.2. The molecule has 3 N–H and O–H groups in total. The molecular formula is C30H23F3N6O2.